The van der Waals surface area contributed by atoms with Gasteiger partial charge in [0.05, 0.1) is 7.11 Å². The maximum atomic E-state index is 13.0. The van der Waals surface area contributed by atoms with Crippen LogP contribution in [0.15, 0.2) is 18.2 Å². The minimum atomic E-state index is -1.34. The molecule has 2 N–H and O–H groups in total. The highest BCUT2D eigenvalue weighted by atomic mass is 19.1. The van der Waals surface area contributed by atoms with Gasteiger partial charge < -0.3 is 10.5 Å². The summed E-state index contributed by atoms with van der Waals surface area (Å²) in [5.74, 6) is -0.225. The number of halogens is 2. The number of nitrogens with two attached hydrogens (primary N) is 1. The normalized spacial score (nSPS) is 12.6. The minimum Gasteiger partial charge on any atom is -0.497 e. The molecule has 0 fully saturated rings. The van der Waals surface area contributed by atoms with Crippen molar-refractivity contribution in [1.82, 2.24) is 0 Å². The maximum Gasteiger partial charge on any atom is 0.138 e. The van der Waals surface area contributed by atoms with Gasteiger partial charge in [-0.3, -0.25) is 0 Å². The molecule has 4 heteroatoms. The Bertz CT molecular complexity index is 291. The monoisotopic (exact) mass is 187 g/mol. The summed E-state index contributed by atoms with van der Waals surface area (Å²) in [5, 5.41) is 0. The number of ether oxygens (including phenoxy) is 1. The van der Waals surface area contributed by atoms with Crippen molar-refractivity contribution < 1.29 is 13.5 Å². The fraction of sp³-hybridized carbons (Fsp3) is 0.333. The predicted molar refractivity (Wildman–Crippen MR) is 45.9 cm³/mol. The fourth-order valence-electron chi connectivity index (χ4n) is 1.02. The molecule has 0 aliphatic rings. The molecule has 0 saturated carbocycles. The van der Waals surface area contributed by atoms with Gasteiger partial charge in [-0.2, -0.15) is 0 Å². The zero-order valence-electron chi connectivity index (χ0n) is 7.26. The number of rotatable bonds is 3. The van der Waals surface area contributed by atoms with Gasteiger partial charge >= 0.3 is 0 Å². The summed E-state index contributed by atoms with van der Waals surface area (Å²) >= 11 is 0. The summed E-state index contributed by atoms with van der Waals surface area (Å²) in [6, 6.07) is 3.73. The van der Waals surface area contributed by atoms with E-state index in [2.05, 4.69) is 0 Å². The summed E-state index contributed by atoms with van der Waals surface area (Å²) in [5.41, 5.74) is 5.32. The van der Waals surface area contributed by atoms with E-state index in [9.17, 15) is 8.78 Å². The van der Waals surface area contributed by atoms with Gasteiger partial charge in [-0.1, -0.05) is 0 Å². The highest BCUT2D eigenvalue weighted by Crippen LogP contribution is 2.22. The predicted octanol–water partition coefficient (Wildman–Crippen LogP) is 1.80. The lowest BCUT2D eigenvalue weighted by Gasteiger charge is -2.07. The molecule has 13 heavy (non-hydrogen) atoms. The first-order chi connectivity index (χ1) is 6.17. The number of alkyl halides is 1. The molecular weight excluding hydrogens is 176 g/mol. The zero-order valence-corrected chi connectivity index (χ0v) is 7.26. The van der Waals surface area contributed by atoms with E-state index in [0.29, 0.717) is 5.75 Å². The highest BCUT2D eigenvalue weighted by molar-refractivity contribution is 5.31. The Morgan fingerprint density at radius 3 is 2.69 bits per heavy atom. The van der Waals surface area contributed by atoms with Gasteiger partial charge in [0.15, 0.2) is 0 Å². The van der Waals surface area contributed by atoms with Crippen LogP contribution in [0.25, 0.3) is 0 Å². The molecule has 0 aliphatic heterocycles. The Morgan fingerprint density at radius 2 is 2.15 bits per heavy atom. The molecule has 0 aromatic heterocycles. The quantitative estimate of drug-likeness (QED) is 0.783. The van der Waals surface area contributed by atoms with E-state index in [4.69, 9.17) is 10.5 Å². The summed E-state index contributed by atoms with van der Waals surface area (Å²) in [4.78, 5) is 0. The molecule has 0 spiro atoms. The second-order valence-electron chi connectivity index (χ2n) is 2.63. The van der Waals surface area contributed by atoms with Crippen molar-refractivity contribution in [3.8, 4) is 5.75 Å². The van der Waals surface area contributed by atoms with Gasteiger partial charge in [-0.25, -0.2) is 8.78 Å². The van der Waals surface area contributed by atoms with Gasteiger partial charge in [0.2, 0.25) is 0 Å². The van der Waals surface area contributed by atoms with Crippen molar-refractivity contribution in [3.05, 3.63) is 29.6 Å². The van der Waals surface area contributed by atoms with Crippen molar-refractivity contribution >= 4 is 0 Å². The van der Waals surface area contributed by atoms with E-state index >= 15 is 0 Å². The largest absolute Gasteiger partial charge is 0.497 e. The first kappa shape index (κ1) is 9.92. The molecule has 1 atom stereocenters. The van der Waals surface area contributed by atoms with Gasteiger partial charge in [0.1, 0.15) is 17.7 Å². The molecule has 1 unspecified atom stereocenters. The molecular formula is C9H11F2NO. The van der Waals surface area contributed by atoms with Crippen LogP contribution in [0.3, 0.4) is 0 Å². The van der Waals surface area contributed by atoms with Crippen molar-refractivity contribution in [2.45, 2.75) is 6.17 Å². The molecule has 0 bridgehead atoms. The smallest absolute Gasteiger partial charge is 0.138 e. The Hall–Kier alpha value is -1.16. The lowest BCUT2D eigenvalue weighted by atomic mass is 10.1. The average molecular weight is 187 g/mol. The standard InChI is InChI=1S/C9H11F2NO/c1-13-8-3-6(9(11)5-12)2-7(10)4-8/h2-4,9H,5,12H2,1H3. The lowest BCUT2D eigenvalue weighted by Crippen LogP contribution is -2.08. The molecule has 2 nitrogen and oxygen atoms in total. The molecule has 0 heterocycles. The van der Waals surface area contributed by atoms with E-state index in [1.807, 2.05) is 0 Å². The van der Waals surface area contributed by atoms with Gasteiger partial charge in [-0.05, 0) is 17.7 Å². The fourth-order valence-corrected chi connectivity index (χ4v) is 1.02. The molecule has 1 aromatic rings. The van der Waals surface area contributed by atoms with E-state index < -0.39 is 12.0 Å². The van der Waals surface area contributed by atoms with Crippen molar-refractivity contribution in [3.63, 3.8) is 0 Å². The van der Waals surface area contributed by atoms with Crippen LogP contribution in [0.5, 0.6) is 5.75 Å². The van der Waals surface area contributed by atoms with Crippen LogP contribution in [-0.4, -0.2) is 13.7 Å². The highest BCUT2D eigenvalue weighted by Gasteiger charge is 2.10. The summed E-state index contributed by atoms with van der Waals surface area (Å²) in [6.07, 6.45) is -1.34. The maximum absolute atomic E-state index is 13.0. The molecule has 0 amide bonds. The van der Waals surface area contributed by atoms with Crippen LogP contribution in [0.2, 0.25) is 0 Å². The van der Waals surface area contributed by atoms with Crippen LogP contribution < -0.4 is 10.5 Å². The second-order valence-corrected chi connectivity index (χ2v) is 2.63. The molecule has 72 valence electrons. The number of methoxy groups -OCH3 is 1. The third kappa shape index (κ3) is 2.39. The van der Waals surface area contributed by atoms with Crippen LogP contribution in [0.4, 0.5) is 8.78 Å². The van der Waals surface area contributed by atoms with Gasteiger partial charge in [0, 0.05) is 12.6 Å². The molecule has 0 aliphatic carbocycles. The van der Waals surface area contributed by atoms with Crippen LogP contribution >= 0.6 is 0 Å². The van der Waals surface area contributed by atoms with E-state index in [1.54, 1.807) is 0 Å². The number of benzene rings is 1. The summed E-state index contributed by atoms with van der Waals surface area (Å²) in [7, 11) is 1.40. The molecule has 1 rings (SSSR count). The number of hydrogen-bond acceptors (Lipinski definition) is 2. The average Bonchev–Trinajstić information content (AvgIpc) is 2.15. The van der Waals surface area contributed by atoms with Gasteiger partial charge in [0.25, 0.3) is 0 Å². The van der Waals surface area contributed by atoms with Crippen LogP contribution in [-0.2, 0) is 0 Å². The Morgan fingerprint density at radius 1 is 1.46 bits per heavy atom. The molecule has 0 radical (unpaired) electrons. The third-order valence-electron chi connectivity index (χ3n) is 1.70. The Labute approximate surface area is 75.3 Å². The SMILES string of the molecule is COc1cc(F)cc(C(F)CN)c1. The second kappa shape index (κ2) is 4.18. The van der Waals surface area contributed by atoms with Crippen molar-refractivity contribution in [2.24, 2.45) is 5.73 Å². The van der Waals surface area contributed by atoms with Crippen LogP contribution in [0, 0.1) is 5.82 Å². The minimum absolute atomic E-state index is 0.160. The van der Waals surface area contributed by atoms with Gasteiger partial charge in [-0.15, -0.1) is 0 Å². The topological polar surface area (TPSA) is 35.2 Å². The first-order valence-corrected chi connectivity index (χ1v) is 3.86. The lowest BCUT2D eigenvalue weighted by molar-refractivity contribution is 0.348. The number of hydrogen-bond donors (Lipinski definition) is 1. The molecule has 1 aromatic carbocycles. The summed E-state index contributed by atoms with van der Waals surface area (Å²) < 4.78 is 30.6. The van der Waals surface area contributed by atoms with E-state index in [-0.39, 0.29) is 12.1 Å². The summed E-state index contributed by atoms with van der Waals surface area (Å²) in [6.45, 7) is -0.160. The Kier molecular flexibility index (Phi) is 3.19. The first-order valence-electron chi connectivity index (χ1n) is 3.86. The Balaban J connectivity index is 3.01. The van der Waals surface area contributed by atoms with Crippen LogP contribution in [0.1, 0.15) is 11.7 Å². The van der Waals surface area contributed by atoms with Crippen molar-refractivity contribution in [2.75, 3.05) is 13.7 Å². The van der Waals surface area contributed by atoms with Crippen molar-refractivity contribution in [1.29, 1.82) is 0 Å². The molecule has 0 saturated heterocycles. The van der Waals surface area contributed by atoms with E-state index in [0.717, 1.165) is 6.07 Å². The zero-order chi connectivity index (χ0) is 9.84. The van der Waals surface area contributed by atoms with E-state index in [1.165, 1.54) is 19.2 Å². The third-order valence-corrected chi connectivity index (χ3v) is 1.70.